The zero-order chi connectivity index (χ0) is 15.5. The first-order chi connectivity index (χ1) is 10.6. The number of para-hydroxylation sites is 1. The van der Waals surface area contributed by atoms with Crippen LogP contribution in [0.1, 0.15) is 24.5 Å². The van der Waals surface area contributed by atoms with Gasteiger partial charge < -0.3 is 9.84 Å². The van der Waals surface area contributed by atoms with Gasteiger partial charge in [0.1, 0.15) is 10.7 Å². The van der Waals surface area contributed by atoms with Gasteiger partial charge in [0, 0.05) is 11.8 Å². The van der Waals surface area contributed by atoms with Crippen molar-refractivity contribution in [2.45, 2.75) is 26.7 Å². The molecule has 22 heavy (non-hydrogen) atoms. The van der Waals surface area contributed by atoms with Crippen molar-refractivity contribution < 1.29 is 9.32 Å². The van der Waals surface area contributed by atoms with Crippen LogP contribution in [0, 0.1) is 5.92 Å². The van der Waals surface area contributed by atoms with E-state index in [1.807, 2.05) is 24.3 Å². The molecule has 1 aromatic carbocycles. The van der Waals surface area contributed by atoms with Gasteiger partial charge in [0.05, 0.1) is 6.42 Å². The van der Waals surface area contributed by atoms with Gasteiger partial charge in [-0.25, -0.2) is 0 Å². The van der Waals surface area contributed by atoms with Crippen molar-refractivity contribution in [1.82, 2.24) is 15.4 Å². The summed E-state index contributed by atoms with van der Waals surface area (Å²) in [4.78, 5) is 12.1. The highest BCUT2D eigenvalue weighted by Crippen LogP contribution is 2.20. The van der Waals surface area contributed by atoms with Crippen molar-refractivity contribution in [2.24, 2.45) is 5.92 Å². The Kier molecular flexibility index (Phi) is 4.15. The minimum Gasteiger partial charge on any atom is -0.356 e. The fourth-order valence-corrected chi connectivity index (χ4v) is 3.09. The lowest BCUT2D eigenvalue weighted by atomic mass is 10.1. The van der Waals surface area contributed by atoms with Crippen LogP contribution in [-0.2, 0) is 17.6 Å². The molecule has 3 rings (SSSR count). The molecule has 0 fully saturated rings. The van der Waals surface area contributed by atoms with E-state index in [4.69, 9.17) is 4.52 Å². The Morgan fingerprint density at radius 1 is 1.32 bits per heavy atom. The average molecular weight is 316 g/mol. The van der Waals surface area contributed by atoms with Crippen LogP contribution in [0.3, 0.4) is 0 Å². The number of amides is 1. The first-order valence-electron chi connectivity index (χ1n) is 7.07. The predicted octanol–water partition coefficient (Wildman–Crippen LogP) is 3.06. The number of nitrogens with zero attached hydrogens (tertiary/aromatic N) is 3. The van der Waals surface area contributed by atoms with Crippen LogP contribution in [0.25, 0.3) is 11.0 Å². The number of carbonyl (C=O) groups excluding carboxylic acids is 1. The third kappa shape index (κ3) is 3.30. The third-order valence-electron chi connectivity index (χ3n) is 3.08. The Hall–Kier alpha value is -2.28. The summed E-state index contributed by atoms with van der Waals surface area (Å²) >= 11 is 1.41. The van der Waals surface area contributed by atoms with E-state index < -0.39 is 0 Å². The number of nitrogens with one attached hydrogen (secondary N) is 1. The number of benzene rings is 1. The summed E-state index contributed by atoms with van der Waals surface area (Å²) in [6.07, 6.45) is 1.01. The molecule has 0 unspecified atom stereocenters. The third-order valence-corrected chi connectivity index (χ3v) is 3.94. The number of anilines is 1. The molecule has 0 radical (unpaired) electrons. The fourth-order valence-electron chi connectivity index (χ4n) is 2.12. The Balaban J connectivity index is 1.66. The second kappa shape index (κ2) is 6.23. The zero-order valence-corrected chi connectivity index (χ0v) is 13.2. The molecular weight excluding hydrogens is 300 g/mol. The molecule has 1 amide bonds. The van der Waals surface area contributed by atoms with E-state index in [2.05, 4.69) is 34.5 Å². The molecule has 7 heteroatoms. The van der Waals surface area contributed by atoms with Crippen molar-refractivity contribution in [1.29, 1.82) is 0 Å². The van der Waals surface area contributed by atoms with Crippen LogP contribution in [0.5, 0.6) is 0 Å². The highest BCUT2D eigenvalue weighted by Gasteiger charge is 2.14. The maximum absolute atomic E-state index is 12.1. The highest BCUT2D eigenvalue weighted by molar-refractivity contribution is 7.15. The summed E-state index contributed by atoms with van der Waals surface area (Å²) in [7, 11) is 0. The predicted molar refractivity (Wildman–Crippen MR) is 84.8 cm³/mol. The molecule has 0 bridgehead atoms. The van der Waals surface area contributed by atoms with E-state index >= 15 is 0 Å². The summed E-state index contributed by atoms with van der Waals surface area (Å²) in [6.45, 7) is 4.24. The van der Waals surface area contributed by atoms with Gasteiger partial charge in [-0.1, -0.05) is 42.5 Å². The van der Waals surface area contributed by atoms with E-state index in [0.29, 0.717) is 22.3 Å². The fraction of sp³-hybridized carbons (Fsp3) is 0.333. The number of carbonyl (C=O) groups is 1. The molecule has 0 aliphatic heterocycles. The van der Waals surface area contributed by atoms with Gasteiger partial charge in [0.2, 0.25) is 11.0 Å². The number of hydrogen-bond acceptors (Lipinski definition) is 6. The van der Waals surface area contributed by atoms with E-state index in [1.165, 1.54) is 11.3 Å². The molecule has 0 aliphatic carbocycles. The number of hydrogen-bond donors (Lipinski definition) is 1. The van der Waals surface area contributed by atoms with Crippen molar-refractivity contribution in [3.05, 3.63) is 35.0 Å². The van der Waals surface area contributed by atoms with Crippen molar-refractivity contribution >= 4 is 33.3 Å². The summed E-state index contributed by atoms with van der Waals surface area (Å²) in [6, 6.07) is 7.48. The first kappa shape index (κ1) is 14.6. The largest absolute Gasteiger partial charge is 0.356 e. The normalized spacial score (nSPS) is 11.2. The van der Waals surface area contributed by atoms with Gasteiger partial charge in [0.25, 0.3) is 0 Å². The van der Waals surface area contributed by atoms with E-state index in [9.17, 15) is 4.79 Å². The monoisotopic (exact) mass is 316 g/mol. The molecule has 114 valence electrons. The summed E-state index contributed by atoms with van der Waals surface area (Å²) < 4.78 is 5.19. The van der Waals surface area contributed by atoms with Gasteiger partial charge in [-0.05, 0) is 18.1 Å². The molecule has 1 N–H and O–H groups in total. The maximum atomic E-state index is 12.1. The van der Waals surface area contributed by atoms with Gasteiger partial charge in [-0.2, -0.15) is 0 Å². The second-order valence-corrected chi connectivity index (χ2v) is 6.51. The summed E-state index contributed by atoms with van der Waals surface area (Å²) in [5.74, 6) is 0.337. The molecule has 2 heterocycles. The van der Waals surface area contributed by atoms with Crippen LogP contribution in [-0.4, -0.2) is 21.3 Å². The smallest absolute Gasteiger partial charge is 0.232 e. The Labute approximate surface area is 131 Å². The lowest BCUT2D eigenvalue weighted by Crippen LogP contribution is -2.14. The standard InChI is InChI=1S/C15H16N4O2S/c1-9(2)7-14-17-18-15(22-14)16-13(20)8-11-10-5-3-4-6-12(10)21-19-11/h3-6,9H,7-8H2,1-2H3,(H,16,18,20). The van der Waals surface area contributed by atoms with Crippen LogP contribution >= 0.6 is 11.3 Å². The summed E-state index contributed by atoms with van der Waals surface area (Å²) in [5.41, 5.74) is 1.31. The van der Waals surface area contributed by atoms with Gasteiger partial charge >= 0.3 is 0 Å². The molecule has 0 atom stereocenters. The molecule has 0 spiro atoms. The number of rotatable bonds is 5. The Morgan fingerprint density at radius 3 is 2.95 bits per heavy atom. The van der Waals surface area contributed by atoms with Crippen LogP contribution in [0.15, 0.2) is 28.8 Å². The van der Waals surface area contributed by atoms with Crippen LogP contribution in [0.4, 0.5) is 5.13 Å². The minimum absolute atomic E-state index is 0.149. The molecule has 0 saturated carbocycles. The number of aromatic nitrogens is 3. The molecule has 6 nitrogen and oxygen atoms in total. The second-order valence-electron chi connectivity index (χ2n) is 5.45. The van der Waals surface area contributed by atoms with E-state index in [1.54, 1.807) is 0 Å². The highest BCUT2D eigenvalue weighted by atomic mass is 32.1. The van der Waals surface area contributed by atoms with Crippen molar-refractivity contribution in [3.63, 3.8) is 0 Å². The van der Waals surface area contributed by atoms with Crippen LogP contribution in [0.2, 0.25) is 0 Å². The quantitative estimate of drug-likeness (QED) is 0.782. The minimum atomic E-state index is -0.175. The Bertz CT molecular complexity index is 794. The van der Waals surface area contributed by atoms with Crippen molar-refractivity contribution in [3.8, 4) is 0 Å². The lowest BCUT2D eigenvalue weighted by Gasteiger charge is -1.99. The topological polar surface area (TPSA) is 80.9 Å². The van der Waals surface area contributed by atoms with Gasteiger partial charge in [-0.3, -0.25) is 4.79 Å². The molecule has 0 aliphatic rings. The van der Waals surface area contributed by atoms with Crippen LogP contribution < -0.4 is 5.32 Å². The lowest BCUT2D eigenvalue weighted by molar-refractivity contribution is -0.115. The van der Waals surface area contributed by atoms with Gasteiger partial charge in [0.15, 0.2) is 5.58 Å². The summed E-state index contributed by atoms with van der Waals surface area (Å²) in [5, 5.41) is 17.1. The molecule has 0 saturated heterocycles. The SMILES string of the molecule is CC(C)Cc1nnc(NC(=O)Cc2noc3ccccc23)s1. The van der Waals surface area contributed by atoms with E-state index in [0.717, 1.165) is 16.8 Å². The average Bonchev–Trinajstić information content (AvgIpc) is 3.06. The van der Waals surface area contributed by atoms with Crippen molar-refractivity contribution in [2.75, 3.05) is 5.32 Å². The zero-order valence-electron chi connectivity index (χ0n) is 12.4. The van der Waals surface area contributed by atoms with Gasteiger partial charge in [-0.15, -0.1) is 10.2 Å². The first-order valence-corrected chi connectivity index (χ1v) is 7.89. The molecule has 2 aromatic heterocycles. The number of fused-ring (bicyclic) bond motifs is 1. The molecular formula is C15H16N4O2S. The van der Waals surface area contributed by atoms with E-state index in [-0.39, 0.29) is 12.3 Å². The Morgan fingerprint density at radius 2 is 2.14 bits per heavy atom. The molecule has 3 aromatic rings. The maximum Gasteiger partial charge on any atom is 0.232 e.